The Morgan fingerprint density at radius 1 is 1.67 bits per heavy atom. The van der Waals surface area contributed by atoms with Crippen LogP contribution in [0.4, 0.5) is 0 Å². The summed E-state index contributed by atoms with van der Waals surface area (Å²) in [6.45, 7) is 1.99. The van der Waals surface area contributed by atoms with Crippen molar-refractivity contribution in [3.63, 3.8) is 0 Å². The quantitative estimate of drug-likeness (QED) is 0.534. The lowest BCUT2D eigenvalue weighted by atomic mass is 10.3. The molecule has 5 heteroatoms. The Kier molecular flexibility index (Phi) is 4.05. The molecule has 1 heterocycles. The smallest absolute Gasteiger partial charge is 0.317 e. The van der Waals surface area contributed by atoms with Crippen LogP contribution < -0.4 is 10.0 Å². The van der Waals surface area contributed by atoms with Gasteiger partial charge in [-0.05, 0) is 19.4 Å². The van der Waals surface area contributed by atoms with Crippen molar-refractivity contribution < 1.29 is 14.6 Å². The molecular weight excluding hydrogens is 196 g/mol. The van der Waals surface area contributed by atoms with Gasteiger partial charge in [-0.1, -0.05) is 0 Å². The first-order valence-corrected chi connectivity index (χ1v) is 4.75. The number of hydrogen-bond acceptors (Lipinski definition) is 3. The SMILES string of the molecule is CC(O)CCNC(=O)c1cccc[n+]1[O-]. The molecule has 0 fully saturated rings. The highest BCUT2D eigenvalue weighted by molar-refractivity contribution is 5.90. The standard InChI is InChI=1S/C10H14N2O3/c1-8(13)5-6-11-10(14)9-4-2-3-7-12(9)15/h2-4,7-8,13H,5-6H2,1H3,(H,11,14). The fraction of sp³-hybridized carbons (Fsp3) is 0.400. The second kappa shape index (κ2) is 5.31. The molecule has 1 aromatic heterocycles. The topological polar surface area (TPSA) is 76.3 Å². The average molecular weight is 210 g/mol. The molecule has 0 aliphatic heterocycles. The van der Waals surface area contributed by atoms with Crippen LogP contribution in [0.3, 0.4) is 0 Å². The molecule has 5 nitrogen and oxygen atoms in total. The van der Waals surface area contributed by atoms with E-state index in [0.29, 0.717) is 17.7 Å². The van der Waals surface area contributed by atoms with Gasteiger partial charge in [0.1, 0.15) is 0 Å². The van der Waals surface area contributed by atoms with Crippen LogP contribution in [-0.2, 0) is 0 Å². The molecule has 82 valence electrons. The minimum atomic E-state index is -0.458. The van der Waals surface area contributed by atoms with Gasteiger partial charge in [0.2, 0.25) is 0 Å². The Morgan fingerprint density at radius 3 is 3.00 bits per heavy atom. The predicted molar refractivity (Wildman–Crippen MR) is 54.0 cm³/mol. The summed E-state index contributed by atoms with van der Waals surface area (Å²) in [5.41, 5.74) is 0.0584. The van der Waals surface area contributed by atoms with Crippen LogP contribution in [0.15, 0.2) is 24.4 Å². The molecule has 15 heavy (non-hydrogen) atoms. The van der Waals surface area contributed by atoms with E-state index in [9.17, 15) is 10.0 Å². The first-order valence-electron chi connectivity index (χ1n) is 4.75. The molecule has 0 aromatic carbocycles. The van der Waals surface area contributed by atoms with E-state index in [1.54, 1.807) is 19.1 Å². The van der Waals surface area contributed by atoms with E-state index in [2.05, 4.69) is 5.32 Å². The third-order valence-corrected chi connectivity index (χ3v) is 1.90. The normalized spacial score (nSPS) is 12.1. The van der Waals surface area contributed by atoms with Crippen LogP contribution in [0.1, 0.15) is 23.8 Å². The number of nitrogens with zero attached hydrogens (tertiary/aromatic N) is 1. The number of carbonyl (C=O) groups is 1. The second-order valence-corrected chi connectivity index (χ2v) is 3.31. The summed E-state index contributed by atoms with van der Waals surface area (Å²) in [7, 11) is 0. The van der Waals surface area contributed by atoms with Gasteiger partial charge < -0.3 is 15.6 Å². The zero-order valence-corrected chi connectivity index (χ0v) is 8.51. The Morgan fingerprint density at radius 2 is 2.40 bits per heavy atom. The maximum absolute atomic E-state index is 11.4. The van der Waals surface area contributed by atoms with E-state index in [4.69, 9.17) is 5.11 Å². The minimum Gasteiger partial charge on any atom is -0.618 e. The summed E-state index contributed by atoms with van der Waals surface area (Å²) in [4.78, 5) is 11.4. The zero-order valence-electron chi connectivity index (χ0n) is 8.51. The van der Waals surface area contributed by atoms with Crippen molar-refractivity contribution in [3.8, 4) is 0 Å². The van der Waals surface area contributed by atoms with E-state index in [1.807, 2.05) is 0 Å². The van der Waals surface area contributed by atoms with Crippen LogP contribution in [-0.4, -0.2) is 23.7 Å². The van der Waals surface area contributed by atoms with Gasteiger partial charge in [0.15, 0.2) is 6.20 Å². The summed E-state index contributed by atoms with van der Waals surface area (Å²) in [5.74, 6) is -0.425. The minimum absolute atomic E-state index is 0.0584. The molecule has 0 radical (unpaired) electrons. The highest BCUT2D eigenvalue weighted by Gasteiger charge is 2.13. The largest absolute Gasteiger partial charge is 0.618 e. The van der Waals surface area contributed by atoms with Crippen LogP contribution >= 0.6 is 0 Å². The zero-order chi connectivity index (χ0) is 11.3. The van der Waals surface area contributed by atoms with Gasteiger partial charge in [0.05, 0.1) is 6.10 Å². The molecule has 1 atom stereocenters. The molecule has 1 rings (SSSR count). The number of carbonyl (C=O) groups excluding carboxylic acids is 1. The van der Waals surface area contributed by atoms with E-state index in [-0.39, 0.29) is 5.69 Å². The third-order valence-electron chi connectivity index (χ3n) is 1.90. The number of pyridine rings is 1. The highest BCUT2D eigenvalue weighted by atomic mass is 16.5. The number of nitrogens with one attached hydrogen (secondary N) is 1. The van der Waals surface area contributed by atoms with Crippen LogP contribution in [0.25, 0.3) is 0 Å². The van der Waals surface area contributed by atoms with Gasteiger partial charge in [-0.15, -0.1) is 0 Å². The molecule has 0 aliphatic carbocycles. The molecule has 0 saturated heterocycles. The van der Waals surface area contributed by atoms with Gasteiger partial charge >= 0.3 is 5.91 Å². The summed E-state index contributed by atoms with van der Waals surface area (Å²) < 4.78 is 0.512. The number of aliphatic hydroxyl groups is 1. The van der Waals surface area contributed by atoms with Crippen LogP contribution in [0, 0.1) is 5.21 Å². The number of aromatic nitrogens is 1. The van der Waals surface area contributed by atoms with E-state index in [1.165, 1.54) is 12.3 Å². The number of amides is 1. The summed E-state index contributed by atoms with van der Waals surface area (Å²) in [6, 6.07) is 4.63. The highest BCUT2D eigenvalue weighted by Crippen LogP contribution is 1.92. The molecule has 0 saturated carbocycles. The number of rotatable bonds is 4. The fourth-order valence-corrected chi connectivity index (χ4v) is 1.09. The Bertz CT molecular complexity index is 339. The van der Waals surface area contributed by atoms with Crippen molar-refractivity contribution in [1.29, 1.82) is 0 Å². The van der Waals surface area contributed by atoms with E-state index >= 15 is 0 Å². The van der Waals surface area contributed by atoms with Crippen molar-refractivity contribution in [1.82, 2.24) is 5.32 Å². The summed E-state index contributed by atoms with van der Waals surface area (Å²) in [6.07, 6.45) is 1.28. The Balaban J connectivity index is 2.51. The van der Waals surface area contributed by atoms with Gasteiger partial charge in [0.25, 0.3) is 5.69 Å². The molecule has 1 unspecified atom stereocenters. The Labute approximate surface area is 87.9 Å². The lowest BCUT2D eigenvalue weighted by molar-refractivity contribution is -0.607. The number of aliphatic hydroxyl groups excluding tert-OH is 1. The summed E-state index contributed by atoms with van der Waals surface area (Å²) in [5, 5.41) is 22.7. The van der Waals surface area contributed by atoms with Crippen molar-refractivity contribution in [2.45, 2.75) is 19.4 Å². The predicted octanol–water partition coefficient (Wildman–Crippen LogP) is -0.179. The molecule has 0 aliphatic rings. The molecule has 0 spiro atoms. The first-order chi connectivity index (χ1) is 7.11. The monoisotopic (exact) mass is 210 g/mol. The maximum atomic E-state index is 11.4. The average Bonchev–Trinajstić information content (AvgIpc) is 2.17. The van der Waals surface area contributed by atoms with Gasteiger partial charge in [-0.25, -0.2) is 0 Å². The maximum Gasteiger partial charge on any atom is 0.317 e. The van der Waals surface area contributed by atoms with Gasteiger partial charge in [-0.2, -0.15) is 4.73 Å². The van der Waals surface area contributed by atoms with E-state index in [0.717, 1.165) is 0 Å². The van der Waals surface area contributed by atoms with Crippen molar-refractivity contribution in [3.05, 3.63) is 35.3 Å². The van der Waals surface area contributed by atoms with Crippen LogP contribution in [0.5, 0.6) is 0 Å². The molecule has 2 N–H and O–H groups in total. The lowest BCUT2D eigenvalue weighted by Gasteiger charge is -2.06. The lowest BCUT2D eigenvalue weighted by Crippen LogP contribution is -2.39. The Hall–Kier alpha value is -1.62. The van der Waals surface area contributed by atoms with Crippen molar-refractivity contribution in [2.75, 3.05) is 6.54 Å². The van der Waals surface area contributed by atoms with E-state index < -0.39 is 12.0 Å². The third kappa shape index (κ3) is 3.55. The molecular formula is C10H14N2O3. The molecule has 0 bridgehead atoms. The molecule has 1 amide bonds. The fourth-order valence-electron chi connectivity index (χ4n) is 1.09. The second-order valence-electron chi connectivity index (χ2n) is 3.31. The first kappa shape index (κ1) is 11.5. The number of hydrogen-bond donors (Lipinski definition) is 2. The molecule has 1 aromatic rings. The van der Waals surface area contributed by atoms with Crippen LogP contribution in [0.2, 0.25) is 0 Å². The van der Waals surface area contributed by atoms with Crippen molar-refractivity contribution >= 4 is 5.91 Å². The van der Waals surface area contributed by atoms with Gasteiger partial charge in [0, 0.05) is 18.7 Å². The van der Waals surface area contributed by atoms with Gasteiger partial charge in [-0.3, -0.25) is 4.79 Å². The summed E-state index contributed by atoms with van der Waals surface area (Å²) >= 11 is 0. The van der Waals surface area contributed by atoms with Crippen molar-refractivity contribution in [2.24, 2.45) is 0 Å².